The molecule has 0 bridgehead atoms. The molecule has 0 aromatic heterocycles. The highest BCUT2D eigenvalue weighted by molar-refractivity contribution is 5.75. The van der Waals surface area contributed by atoms with Crippen LogP contribution in [0.5, 0.6) is 0 Å². The average Bonchev–Trinajstić information content (AvgIpc) is 2.99. The highest BCUT2D eigenvalue weighted by Gasteiger charge is 2.37. The van der Waals surface area contributed by atoms with Crippen LogP contribution in [0, 0.1) is 0 Å². The van der Waals surface area contributed by atoms with Gasteiger partial charge in [-0.15, -0.1) is 0 Å². The van der Waals surface area contributed by atoms with Crippen molar-refractivity contribution in [3.8, 4) is 0 Å². The number of benzene rings is 1. The summed E-state index contributed by atoms with van der Waals surface area (Å²) in [6, 6.07) is 9.55. The molecule has 0 aliphatic heterocycles. The summed E-state index contributed by atoms with van der Waals surface area (Å²) in [5.74, 6) is 0.0219. The van der Waals surface area contributed by atoms with Gasteiger partial charge in [-0.2, -0.15) is 0 Å². The number of carbonyl (C=O) groups excluding carboxylic acids is 2. The van der Waals surface area contributed by atoms with Crippen molar-refractivity contribution in [3.63, 3.8) is 0 Å². The van der Waals surface area contributed by atoms with E-state index in [1.165, 1.54) is 5.01 Å². The van der Waals surface area contributed by atoms with E-state index in [1.54, 1.807) is 41.5 Å². The first-order chi connectivity index (χ1) is 12.5. The molecule has 0 saturated carbocycles. The van der Waals surface area contributed by atoms with Crippen molar-refractivity contribution in [1.29, 1.82) is 0 Å². The summed E-state index contributed by atoms with van der Waals surface area (Å²) in [5.41, 5.74) is 2.32. The van der Waals surface area contributed by atoms with Gasteiger partial charge in [-0.1, -0.05) is 42.5 Å². The van der Waals surface area contributed by atoms with Gasteiger partial charge in [0.25, 0.3) is 0 Å². The molecule has 6 heteroatoms. The third-order valence-corrected chi connectivity index (χ3v) is 3.86. The van der Waals surface area contributed by atoms with Crippen molar-refractivity contribution in [2.45, 2.75) is 71.1 Å². The van der Waals surface area contributed by atoms with Gasteiger partial charge in [0.15, 0.2) is 0 Å². The fourth-order valence-corrected chi connectivity index (χ4v) is 2.89. The van der Waals surface area contributed by atoms with E-state index in [-0.39, 0.29) is 12.0 Å². The quantitative estimate of drug-likeness (QED) is 0.598. The molecule has 1 aromatic rings. The number of hydrazine groups is 1. The second-order valence-electron chi connectivity index (χ2n) is 8.64. The van der Waals surface area contributed by atoms with Crippen molar-refractivity contribution in [3.05, 3.63) is 48.0 Å². The SMILES string of the molecule is CC(C)(C)OC(=O)NN(C(=O)OC(C)(C)C)[C@@H]1C=CC[C@H]1c1ccccc1. The maximum Gasteiger partial charge on any atom is 0.429 e. The molecule has 2 amide bonds. The first-order valence-corrected chi connectivity index (χ1v) is 9.20. The average molecular weight is 374 g/mol. The lowest BCUT2D eigenvalue weighted by molar-refractivity contribution is -0.00654. The maximum atomic E-state index is 12.8. The van der Waals surface area contributed by atoms with Crippen LogP contribution in [0.15, 0.2) is 42.5 Å². The van der Waals surface area contributed by atoms with Crippen LogP contribution in [0.1, 0.15) is 59.4 Å². The molecule has 6 nitrogen and oxygen atoms in total. The number of nitrogens with zero attached hydrogens (tertiary/aromatic N) is 1. The third-order valence-electron chi connectivity index (χ3n) is 3.86. The van der Waals surface area contributed by atoms with E-state index in [1.807, 2.05) is 42.5 Å². The van der Waals surface area contributed by atoms with Gasteiger partial charge in [0.1, 0.15) is 11.2 Å². The van der Waals surface area contributed by atoms with Gasteiger partial charge < -0.3 is 9.47 Å². The Bertz CT molecular complexity index is 686. The molecule has 0 fully saturated rings. The lowest BCUT2D eigenvalue weighted by Gasteiger charge is -2.34. The molecule has 148 valence electrons. The second-order valence-corrected chi connectivity index (χ2v) is 8.64. The van der Waals surface area contributed by atoms with Crippen LogP contribution in [-0.4, -0.2) is 34.4 Å². The van der Waals surface area contributed by atoms with Crippen LogP contribution >= 0.6 is 0 Å². The number of carbonyl (C=O) groups is 2. The number of ether oxygens (including phenoxy) is 2. The molecule has 0 heterocycles. The molecule has 0 spiro atoms. The fourth-order valence-electron chi connectivity index (χ4n) is 2.89. The highest BCUT2D eigenvalue weighted by Crippen LogP contribution is 2.33. The van der Waals surface area contributed by atoms with E-state index in [0.717, 1.165) is 12.0 Å². The summed E-state index contributed by atoms with van der Waals surface area (Å²) in [6.07, 6.45) is 3.38. The summed E-state index contributed by atoms with van der Waals surface area (Å²) in [4.78, 5) is 25.2. The molecular formula is C21H30N2O4. The minimum atomic E-state index is -0.694. The summed E-state index contributed by atoms with van der Waals surface area (Å²) >= 11 is 0. The Morgan fingerprint density at radius 1 is 1.00 bits per heavy atom. The summed E-state index contributed by atoms with van der Waals surface area (Å²) < 4.78 is 10.8. The largest absolute Gasteiger partial charge is 0.443 e. The van der Waals surface area contributed by atoms with Crippen molar-refractivity contribution in [2.24, 2.45) is 0 Å². The molecule has 2 atom stereocenters. The minimum Gasteiger partial charge on any atom is -0.443 e. The maximum absolute atomic E-state index is 12.8. The predicted octanol–water partition coefficient (Wildman–Crippen LogP) is 4.78. The Labute approximate surface area is 161 Å². The molecule has 1 aliphatic carbocycles. The van der Waals surface area contributed by atoms with E-state index in [2.05, 4.69) is 5.43 Å². The van der Waals surface area contributed by atoms with Crippen LogP contribution in [-0.2, 0) is 9.47 Å². The van der Waals surface area contributed by atoms with Gasteiger partial charge in [-0.25, -0.2) is 20.0 Å². The van der Waals surface area contributed by atoms with E-state index in [0.29, 0.717) is 0 Å². The molecule has 0 saturated heterocycles. The highest BCUT2D eigenvalue weighted by atomic mass is 16.6. The zero-order valence-electron chi connectivity index (χ0n) is 17.0. The van der Waals surface area contributed by atoms with Crippen LogP contribution in [0.4, 0.5) is 9.59 Å². The summed E-state index contributed by atoms with van der Waals surface area (Å²) in [7, 11) is 0. The number of amides is 2. The molecule has 0 radical (unpaired) electrons. The van der Waals surface area contributed by atoms with Gasteiger partial charge in [0.05, 0.1) is 6.04 Å². The van der Waals surface area contributed by atoms with E-state index in [4.69, 9.17) is 9.47 Å². The molecule has 2 rings (SSSR count). The van der Waals surface area contributed by atoms with Gasteiger partial charge in [-0.05, 0) is 53.5 Å². The molecule has 27 heavy (non-hydrogen) atoms. The molecule has 1 N–H and O–H groups in total. The number of nitrogens with one attached hydrogen (secondary N) is 1. The smallest absolute Gasteiger partial charge is 0.429 e. The summed E-state index contributed by atoms with van der Waals surface area (Å²) in [5, 5.41) is 1.24. The van der Waals surface area contributed by atoms with Gasteiger partial charge in [-0.3, -0.25) is 0 Å². The Morgan fingerprint density at radius 2 is 1.59 bits per heavy atom. The Morgan fingerprint density at radius 3 is 2.15 bits per heavy atom. The monoisotopic (exact) mass is 374 g/mol. The molecule has 1 aliphatic rings. The minimum absolute atomic E-state index is 0.0219. The number of hydrogen-bond donors (Lipinski definition) is 1. The van der Waals surface area contributed by atoms with E-state index >= 15 is 0 Å². The molecular weight excluding hydrogens is 344 g/mol. The van der Waals surface area contributed by atoms with Crippen LogP contribution < -0.4 is 5.43 Å². The lowest BCUT2D eigenvalue weighted by atomic mass is 9.93. The van der Waals surface area contributed by atoms with E-state index in [9.17, 15) is 9.59 Å². The number of allylic oxidation sites excluding steroid dienone is 1. The van der Waals surface area contributed by atoms with Crippen LogP contribution in [0.3, 0.4) is 0 Å². The van der Waals surface area contributed by atoms with Crippen LogP contribution in [0.25, 0.3) is 0 Å². The topological polar surface area (TPSA) is 67.9 Å². The van der Waals surface area contributed by atoms with Gasteiger partial charge in [0, 0.05) is 5.92 Å². The predicted molar refractivity (Wildman–Crippen MR) is 104 cm³/mol. The number of rotatable bonds is 2. The third kappa shape index (κ3) is 6.31. The van der Waals surface area contributed by atoms with Crippen molar-refractivity contribution in [1.82, 2.24) is 10.4 Å². The second kappa shape index (κ2) is 8.03. The normalized spacial score (nSPS) is 19.5. The fraction of sp³-hybridized carbons (Fsp3) is 0.524. The van der Waals surface area contributed by atoms with Crippen molar-refractivity contribution >= 4 is 12.2 Å². The Hall–Kier alpha value is -2.50. The van der Waals surface area contributed by atoms with E-state index < -0.39 is 23.4 Å². The van der Waals surface area contributed by atoms with Gasteiger partial charge in [0.2, 0.25) is 0 Å². The Kier molecular flexibility index (Phi) is 6.19. The van der Waals surface area contributed by atoms with Crippen molar-refractivity contribution in [2.75, 3.05) is 0 Å². The zero-order chi connectivity index (χ0) is 20.2. The first kappa shape index (κ1) is 20.8. The zero-order valence-corrected chi connectivity index (χ0v) is 17.0. The lowest BCUT2D eigenvalue weighted by Crippen LogP contribution is -2.54. The van der Waals surface area contributed by atoms with Gasteiger partial charge >= 0.3 is 12.2 Å². The van der Waals surface area contributed by atoms with Crippen LogP contribution in [0.2, 0.25) is 0 Å². The molecule has 1 aromatic carbocycles. The standard InChI is InChI=1S/C21H30N2O4/c1-20(2,3)26-18(24)22-23(19(25)27-21(4,5)6)17-14-10-13-16(17)15-11-8-7-9-12-15/h7-12,14,16-17H,13H2,1-6H3,(H,22,24)/t16-,17+/m0/s1. The number of hydrogen-bond acceptors (Lipinski definition) is 4. The summed E-state index contributed by atoms with van der Waals surface area (Å²) in [6.45, 7) is 10.7. The molecule has 0 unspecified atom stereocenters. The van der Waals surface area contributed by atoms with Crippen molar-refractivity contribution < 1.29 is 19.1 Å². The first-order valence-electron chi connectivity index (χ1n) is 9.20. The Balaban J connectivity index is 2.26.